The van der Waals surface area contributed by atoms with Crippen molar-refractivity contribution in [3.05, 3.63) is 164 Å². The van der Waals surface area contributed by atoms with Gasteiger partial charge in [0.05, 0.1) is 16.6 Å². The Morgan fingerprint density at radius 1 is 0.413 bits per heavy atom. The van der Waals surface area contributed by atoms with Gasteiger partial charge >= 0.3 is 0 Å². The number of benzene rings is 6. The lowest BCUT2D eigenvalue weighted by atomic mass is 10.1. The Kier molecular flexibility index (Phi) is 6.06. The molecule has 0 N–H and O–H groups in total. The quantitative estimate of drug-likeness (QED) is 0.201. The Balaban J connectivity index is 1.27. The highest BCUT2D eigenvalue weighted by Crippen LogP contribution is 2.38. The molecule has 0 radical (unpaired) electrons. The summed E-state index contributed by atoms with van der Waals surface area (Å²) in [6.07, 6.45) is 2.17. The van der Waals surface area contributed by atoms with Gasteiger partial charge in [0.2, 0.25) is 0 Å². The van der Waals surface area contributed by atoms with Gasteiger partial charge in [0, 0.05) is 50.4 Å². The molecule has 0 saturated carbocycles. The Bertz CT molecular complexity index is 2460. The van der Waals surface area contributed by atoms with Crippen molar-refractivity contribution in [3.63, 3.8) is 0 Å². The monoisotopic (exact) mass is 589 g/mol. The number of nitrogens with zero attached hydrogens (tertiary/aromatic N) is 5. The second kappa shape index (κ2) is 10.7. The third-order valence-corrected chi connectivity index (χ3v) is 8.58. The molecule has 0 spiro atoms. The summed E-state index contributed by atoms with van der Waals surface area (Å²) >= 11 is 0. The molecule has 9 rings (SSSR count). The molecule has 46 heavy (non-hydrogen) atoms. The van der Waals surface area contributed by atoms with Crippen LogP contribution < -0.4 is 0 Å². The molecule has 9 aromatic rings. The zero-order valence-corrected chi connectivity index (χ0v) is 24.8. The van der Waals surface area contributed by atoms with Crippen LogP contribution >= 0.6 is 0 Å². The van der Waals surface area contributed by atoms with Crippen LogP contribution in [0.25, 0.3) is 78.2 Å². The van der Waals surface area contributed by atoms with Gasteiger partial charge in [-0.1, -0.05) is 115 Å². The highest BCUT2D eigenvalue weighted by Gasteiger charge is 2.18. The Labute approximate surface area is 265 Å². The molecule has 0 saturated heterocycles. The van der Waals surface area contributed by atoms with Crippen LogP contribution in [-0.4, -0.2) is 24.1 Å². The summed E-state index contributed by atoms with van der Waals surface area (Å²) in [4.78, 5) is 14.9. The van der Waals surface area contributed by atoms with Crippen molar-refractivity contribution in [1.29, 1.82) is 0 Å². The highest BCUT2D eigenvalue weighted by molar-refractivity contribution is 6.20. The first-order valence-electron chi connectivity index (χ1n) is 15.4. The SMILES string of the molecule is c1ccc(-c2nc(-c3ccccc3)nc(-c3cccc(-n4c5ccccc5c5c6c(ccc54)ccn6-c4ccccc4)c3)n2)cc1. The molecule has 0 aliphatic carbocycles. The third kappa shape index (κ3) is 4.29. The van der Waals surface area contributed by atoms with Crippen LogP contribution in [0.2, 0.25) is 0 Å². The van der Waals surface area contributed by atoms with Crippen LogP contribution in [0.5, 0.6) is 0 Å². The molecule has 0 aliphatic heterocycles. The topological polar surface area (TPSA) is 48.5 Å². The van der Waals surface area contributed by atoms with Crippen LogP contribution in [0, 0.1) is 0 Å². The molecule has 0 atom stereocenters. The molecule has 0 fully saturated rings. The minimum atomic E-state index is 0.635. The van der Waals surface area contributed by atoms with E-state index in [4.69, 9.17) is 15.0 Å². The van der Waals surface area contributed by atoms with Gasteiger partial charge in [-0.05, 0) is 42.5 Å². The third-order valence-electron chi connectivity index (χ3n) is 8.58. The van der Waals surface area contributed by atoms with Crippen LogP contribution in [0.3, 0.4) is 0 Å². The van der Waals surface area contributed by atoms with Crippen molar-refractivity contribution in [2.75, 3.05) is 0 Å². The van der Waals surface area contributed by atoms with Gasteiger partial charge in [-0.15, -0.1) is 0 Å². The largest absolute Gasteiger partial charge is 0.316 e. The molecule has 0 unspecified atom stereocenters. The lowest BCUT2D eigenvalue weighted by Crippen LogP contribution is -2.01. The molecule has 5 nitrogen and oxygen atoms in total. The Hall–Kier alpha value is -6.33. The van der Waals surface area contributed by atoms with E-state index in [1.807, 2.05) is 60.7 Å². The van der Waals surface area contributed by atoms with Gasteiger partial charge in [-0.3, -0.25) is 0 Å². The lowest BCUT2D eigenvalue weighted by molar-refractivity contribution is 1.07. The van der Waals surface area contributed by atoms with Gasteiger partial charge in [-0.25, -0.2) is 15.0 Å². The molecule has 0 aliphatic rings. The summed E-state index contributed by atoms with van der Waals surface area (Å²) in [5.74, 6) is 1.93. The van der Waals surface area contributed by atoms with E-state index >= 15 is 0 Å². The minimum Gasteiger partial charge on any atom is -0.316 e. The molecule has 5 heteroatoms. The summed E-state index contributed by atoms with van der Waals surface area (Å²) in [7, 11) is 0. The highest BCUT2D eigenvalue weighted by atomic mass is 15.0. The van der Waals surface area contributed by atoms with Crippen LogP contribution in [-0.2, 0) is 0 Å². The predicted molar refractivity (Wildman–Crippen MR) is 187 cm³/mol. The van der Waals surface area contributed by atoms with Gasteiger partial charge in [-0.2, -0.15) is 0 Å². The van der Waals surface area contributed by atoms with Gasteiger partial charge in [0.1, 0.15) is 0 Å². The maximum Gasteiger partial charge on any atom is 0.164 e. The first kappa shape index (κ1) is 26.1. The van der Waals surface area contributed by atoms with E-state index in [-0.39, 0.29) is 0 Å². The number of para-hydroxylation sites is 2. The van der Waals surface area contributed by atoms with Crippen molar-refractivity contribution < 1.29 is 0 Å². The van der Waals surface area contributed by atoms with E-state index in [0.717, 1.165) is 39.1 Å². The van der Waals surface area contributed by atoms with E-state index in [9.17, 15) is 0 Å². The second-order valence-corrected chi connectivity index (χ2v) is 11.4. The first-order chi connectivity index (χ1) is 22.8. The molecular weight excluding hydrogens is 562 g/mol. The number of hydrogen-bond donors (Lipinski definition) is 0. The molecule has 0 bridgehead atoms. The normalized spacial score (nSPS) is 11.5. The Morgan fingerprint density at radius 3 is 1.67 bits per heavy atom. The van der Waals surface area contributed by atoms with E-state index in [0.29, 0.717) is 17.5 Å². The Morgan fingerprint density at radius 2 is 0.978 bits per heavy atom. The minimum absolute atomic E-state index is 0.635. The van der Waals surface area contributed by atoms with E-state index in [1.54, 1.807) is 0 Å². The average molecular weight is 590 g/mol. The van der Waals surface area contributed by atoms with Crippen molar-refractivity contribution in [1.82, 2.24) is 24.1 Å². The van der Waals surface area contributed by atoms with Crippen molar-refractivity contribution in [2.45, 2.75) is 0 Å². The zero-order chi connectivity index (χ0) is 30.5. The van der Waals surface area contributed by atoms with Gasteiger partial charge in [0.15, 0.2) is 17.5 Å². The fourth-order valence-corrected chi connectivity index (χ4v) is 6.49. The maximum atomic E-state index is 4.99. The maximum absolute atomic E-state index is 4.99. The molecule has 3 heterocycles. The zero-order valence-electron chi connectivity index (χ0n) is 24.8. The van der Waals surface area contributed by atoms with Gasteiger partial charge < -0.3 is 9.13 Å². The van der Waals surface area contributed by atoms with E-state index in [2.05, 4.69) is 112 Å². The summed E-state index contributed by atoms with van der Waals surface area (Å²) in [6.45, 7) is 0. The average Bonchev–Trinajstić information content (AvgIpc) is 3.72. The molecule has 3 aromatic heterocycles. The standard InChI is InChI=1S/C41H27N5/c1-4-13-29(14-5-1)39-42-40(30-15-6-2-7-16-30)44-41(43-39)31-17-12-20-33(27-31)46-35-22-11-10-21-34(35)37-36(46)24-23-28-25-26-45(38(28)37)32-18-8-3-9-19-32/h1-27H. The van der Waals surface area contributed by atoms with Crippen LogP contribution in [0.4, 0.5) is 0 Å². The summed E-state index contributed by atoms with van der Waals surface area (Å²) in [5, 5.41) is 3.65. The number of rotatable bonds is 5. The second-order valence-electron chi connectivity index (χ2n) is 11.4. The first-order valence-corrected chi connectivity index (χ1v) is 15.4. The summed E-state index contributed by atoms with van der Waals surface area (Å²) < 4.78 is 4.65. The fraction of sp³-hybridized carbons (Fsp3) is 0. The smallest absolute Gasteiger partial charge is 0.164 e. The van der Waals surface area contributed by atoms with Crippen molar-refractivity contribution >= 4 is 32.7 Å². The van der Waals surface area contributed by atoms with Crippen molar-refractivity contribution in [3.8, 4) is 45.5 Å². The number of hydrogen-bond acceptors (Lipinski definition) is 3. The van der Waals surface area contributed by atoms with Crippen LogP contribution in [0.15, 0.2) is 164 Å². The summed E-state index contributed by atoms with van der Waals surface area (Å²) in [6, 6.07) is 54.6. The fourth-order valence-electron chi connectivity index (χ4n) is 6.49. The van der Waals surface area contributed by atoms with Crippen LogP contribution in [0.1, 0.15) is 0 Å². The van der Waals surface area contributed by atoms with E-state index < -0.39 is 0 Å². The number of aromatic nitrogens is 5. The summed E-state index contributed by atoms with van der Waals surface area (Å²) in [5.41, 5.74) is 8.51. The lowest BCUT2D eigenvalue weighted by Gasteiger charge is -2.12. The molecule has 216 valence electrons. The van der Waals surface area contributed by atoms with E-state index in [1.165, 1.54) is 21.7 Å². The number of fused-ring (bicyclic) bond motifs is 5. The van der Waals surface area contributed by atoms with Gasteiger partial charge in [0.25, 0.3) is 0 Å². The molecular formula is C41H27N5. The molecule has 6 aromatic carbocycles. The molecule has 0 amide bonds. The predicted octanol–water partition coefficient (Wildman–Crippen LogP) is 9.91. The van der Waals surface area contributed by atoms with Crippen molar-refractivity contribution in [2.24, 2.45) is 0 Å².